The summed E-state index contributed by atoms with van der Waals surface area (Å²) >= 11 is 0. The van der Waals surface area contributed by atoms with Gasteiger partial charge in [-0.15, -0.1) is 0 Å². The molecule has 0 aliphatic rings. The SMILES string of the molecule is CCCCCOc1ccc(CNC(CC)(CO)CO)cc1. The van der Waals surface area contributed by atoms with Crippen molar-refractivity contribution in [3.05, 3.63) is 29.8 Å². The Morgan fingerprint density at radius 2 is 1.71 bits per heavy atom. The van der Waals surface area contributed by atoms with Gasteiger partial charge in [-0.2, -0.15) is 0 Å². The fraction of sp³-hybridized carbons (Fsp3) is 0.647. The second kappa shape index (κ2) is 9.77. The Hall–Kier alpha value is -1.10. The Bertz CT molecular complexity index is 366. The van der Waals surface area contributed by atoms with Crippen molar-refractivity contribution in [1.29, 1.82) is 0 Å². The molecule has 0 aliphatic carbocycles. The molecule has 0 bridgehead atoms. The van der Waals surface area contributed by atoms with Gasteiger partial charge >= 0.3 is 0 Å². The summed E-state index contributed by atoms with van der Waals surface area (Å²) in [6, 6.07) is 7.96. The maximum atomic E-state index is 9.40. The van der Waals surface area contributed by atoms with Gasteiger partial charge < -0.3 is 20.3 Å². The van der Waals surface area contributed by atoms with Crippen LogP contribution in [0.2, 0.25) is 0 Å². The van der Waals surface area contributed by atoms with E-state index in [0.717, 1.165) is 24.3 Å². The summed E-state index contributed by atoms with van der Waals surface area (Å²) < 4.78 is 5.67. The highest BCUT2D eigenvalue weighted by Crippen LogP contribution is 2.15. The predicted molar refractivity (Wildman–Crippen MR) is 85.5 cm³/mol. The molecule has 21 heavy (non-hydrogen) atoms. The van der Waals surface area contributed by atoms with Crippen LogP contribution in [-0.4, -0.2) is 35.6 Å². The predicted octanol–water partition coefficient (Wildman–Crippen LogP) is 2.48. The van der Waals surface area contributed by atoms with Gasteiger partial charge in [0.15, 0.2) is 0 Å². The van der Waals surface area contributed by atoms with Crippen LogP contribution >= 0.6 is 0 Å². The minimum Gasteiger partial charge on any atom is -0.494 e. The third kappa shape index (κ3) is 6.04. The maximum absolute atomic E-state index is 9.40. The summed E-state index contributed by atoms with van der Waals surface area (Å²) in [5.74, 6) is 0.890. The van der Waals surface area contributed by atoms with Crippen LogP contribution in [0.5, 0.6) is 5.75 Å². The summed E-state index contributed by atoms with van der Waals surface area (Å²) in [4.78, 5) is 0. The van der Waals surface area contributed by atoms with Crippen molar-refractivity contribution in [1.82, 2.24) is 5.32 Å². The number of hydrogen-bond acceptors (Lipinski definition) is 4. The molecule has 4 heteroatoms. The lowest BCUT2D eigenvalue weighted by molar-refractivity contribution is 0.0864. The number of nitrogens with one attached hydrogen (secondary N) is 1. The van der Waals surface area contributed by atoms with Gasteiger partial charge in [-0.3, -0.25) is 0 Å². The van der Waals surface area contributed by atoms with E-state index in [1.165, 1.54) is 12.8 Å². The third-order valence-corrected chi connectivity index (χ3v) is 3.89. The highest BCUT2D eigenvalue weighted by atomic mass is 16.5. The lowest BCUT2D eigenvalue weighted by atomic mass is 9.98. The number of ether oxygens (including phenoxy) is 1. The molecule has 0 atom stereocenters. The molecule has 120 valence electrons. The smallest absolute Gasteiger partial charge is 0.119 e. The molecule has 1 aromatic carbocycles. The van der Waals surface area contributed by atoms with E-state index in [0.29, 0.717) is 13.0 Å². The van der Waals surface area contributed by atoms with Crippen molar-refractivity contribution in [3.8, 4) is 5.75 Å². The van der Waals surface area contributed by atoms with Crippen LogP contribution in [0.3, 0.4) is 0 Å². The molecule has 0 saturated carbocycles. The lowest BCUT2D eigenvalue weighted by Crippen LogP contribution is -2.50. The van der Waals surface area contributed by atoms with Gasteiger partial charge in [0.05, 0.1) is 25.4 Å². The van der Waals surface area contributed by atoms with Gasteiger partial charge in [0, 0.05) is 6.54 Å². The summed E-state index contributed by atoms with van der Waals surface area (Å²) in [6.07, 6.45) is 4.16. The molecule has 3 N–H and O–H groups in total. The zero-order valence-electron chi connectivity index (χ0n) is 13.3. The minimum atomic E-state index is -0.602. The van der Waals surface area contributed by atoms with E-state index in [1.54, 1.807) is 0 Å². The van der Waals surface area contributed by atoms with Crippen LogP contribution in [0.1, 0.15) is 45.1 Å². The fourth-order valence-corrected chi connectivity index (χ4v) is 2.05. The molecule has 1 aromatic rings. The zero-order valence-corrected chi connectivity index (χ0v) is 13.3. The van der Waals surface area contributed by atoms with E-state index in [2.05, 4.69) is 12.2 Å². The molecule has 0 unspecified atom stereocenters. The van der Waals surface area contributed by atoms with Crippen LogP contribution < -0.4 is 10.1 Å². The standard InChI is InChI=1S/C17H29NO3/c1-3-5-6-11-21-16-9-7-15(8-10-16)12-18-17(4-2,13-19)14-20/h7-10,18-20H,3-6,11-14H2,1-2H3. The van der Waals surface area contributed by atoms with Crippen molar-refractivity contribution in [2.24, 2.45) is 0 Å². The first-order valence-corrected chi connectivity index (χ1v) is 7.88. The normalized spacial score (nSPS) is 11.6. The summed E-state index contributed by atoms with van der Waals surface area (Å²) in [5.41, 5.74) is 0.505. The highest BCUT2D eigenvalue weighted by Gasteiger charge is 2.25. The quantitative estimate of drug-likeness (QED) is 0.549. The number of aliphatic hydroxyl groups excluding tert-OH is 2. The molecule has 0 heterocycles. The summed E-state index contributed by atoms with van der Waals surface area (Å²) in [7, 11) is 0. The molecule has 4 nitrogen and oxygen atoms in total. The molecule has 0 radical (unpaired) electrons. The Morgan fingerprint density at radius 1 is 1.05 bits per heavy atom. The van der Waals surface area contributed by atoms with Crippen LogP contribution in [0, 0.1) is 0 Å². The Balaban J connectivity index is 2.43. The molecule has 0 aliphatic heterocycles. The third-order valence-electron chi connectivity index (χ3n) is 3.89. The van der Waals surface area contributed by atoms with Crippen molar-refractivity contribution in [2.45, 2.75) is 51.6 Å². The number of rotatable bonds is 11. The molecule has 1 rings (SSSR count). The first-order valence-electron chi connectivity index (χ1n) is 7.88. The average Bonchev–Trinajstić information content (AvgIpc) is 2.55. The molecule has 0 aromatic heterocycles. The first kappa shape index (κ1) is 18.0. The molecule has 0 saturated heterocycles. The Morgan fingerprint density at radius 3 is 2.24 bits per heavy atom. The van der Waals surface area contributed by atoms with Crippen molar-refractivity contribution < 1.29 is 14.9 Å². The number of unbranched alkanes of at least 4 members (excludes halogenated alkanes) is 2. The van der Waals surface area contributed by atoms with E-state index < -0.39 is 5.54 Å². The van der Waals surface area contributed by atoms with Crippen LogP contribution in [0.15, 0.2) is 24.3 Å². The topological polar surface area (TPSA) is 61.7 Å². The highest BCUT2D eigenvalue weighted by molar-refractivity contribution is 5.27. The fourth-order valence-electron chi connectivity index (χ4n) is 2.05. The van der Waals surface area contributed by atoms with E-state index in [1.807, 2.05) is 31.2 Å². The summed E-state index contributed by atoms with van der Waals surface area (Å²) in [6.45, 7) is 5.37. The molecule has 0 amide bonds. The van der Waals surface area contributed by atoms with Crippen molar-refractivity contribution in [3.63, 3.8) is 0 Å². The van der Waals surface area contributed by atoms with Gasteiger partial charge in [0.1, 0.15) is 5.75 Å². The average molecular weight is 295 g/mol. The largest absolute Gasteiger partial charge is 0.494 e. The van der Waals surface area contributed by atoms with E-state index >= 15 is 0 Å². The van der Waals surface area contributed by atoms with Crippen LogP contribution in [0.4, 0.5) is 0 Å². The minimum absolute atomic E-state index is 0.0708. The second-order valence-corrected chi connectivity index (χ2v) is 5.50. The molecule has 0 fully saturated rings. The van der Waals surface area contributed by atoms with Crippen LogP contribution in [0.25, 0.3) is 0 Å². The molecular weight excluding hydrogens is 266 g/mol. The second-order valence-electron chi connectivity index (χ2n) is 5.50. The van der Waals surface area contributed by atoms with Gasteiger partial charge in [0.2, 0.25) is 0 Å². The van der Waals surface area contributed by atoms with E-state index in [-0.39, 0.29) is 13.2 Å². The lowest BCUT2D eigenvalue weighted by Gasteiger charge is -2.29. The zero-order chi connectivity index (χ0) is 15.6. The monoisotopic (exact) mass is 295 g/mol. The van der Waals surface area contributed by atoms with Gasteiger partial charge in [-0.05, 0) is 30.5 Å². The van der Waals surface area contributed by atoms with Gasteiger partial charge in [-0.1, -0.05) is 38.8 Å². The Labute approximate surface area is 128 Å². The molecular formula is C17H29NO3. The van der Waals surface area contributed by atoms with Crippen molar-refractivity contribution >= 4 is 0 Å². The van der Waals surface area contributed by atoms with E-state index in [4.69, 9.17) is 4.74 Å². The number of benzene rings is 1. The van der Waals surface area contributed by atoms with Gasteiger partial charge in [0.25, 0.3) is 0 Å². The molecule has 0 spiro atoms. The number of aliphatic hydroxyl groups is 2. The first-order chi connectivity index (χ1) is 10.2. The summed E-state index contributed by atoms with van der Waals surface area (Å²) in [5, 5.41) is 22.0. The Kier molecular flexibility index (Phi) is 8.35. The van der Waals surface area contributed by atoms with Gasteiger partial charge in [-0.25, -0.2) is 0 Å². The van der Waals surface area contributed by atoms with Crippen LogP contribution in [-0.2, 0) is 6.54 Å². The number of hydrogen-bond donors (Lipinski definition) is 3. The van der Waals surface area contributed by atoms with E-state index in [9.17, 15) is 10.2 Å². The maximum Gasteiger partial charge on any atom is 0.119 e. The van der Waals surface area contributed by atoms with Crippen molar-refractivity contribution in [2.75, 3.05) is 19.8 Å².